The summed E-state index contributed by atoms with van der Waals surface area (Å²) in [6.45, 7) is 13.8. The zero-order chi connectivity index (χ0) is 16.7. The van der Waals surface area contributed by atoms with Crippen LogP contribution in [0.3, 0.4) is 0 Å². The fourth-order valence-electron chi connectivity index (χ4n) is 2.48. The first kappa shape index (κ1) is 18.1. The van der Waals surface area contributed by atoms with E-state index in [0.717, 1.165) is 12.2 Å². The van der Waals surface area contributed by atoms with Crippen molar-refractivity contribution in [1.82, 2.24) is 5.32 Å². The molecule has 0 aliphatic carbocycles. The molecule has 120 valence electrons. The van der Waals surface area contributed by atoms with E-state index in [1.165, 1.54) is 27.8 Å². The lowest BCUT2D eigenvalue weighted by Crippen LogP contribution is -2.04. The Kier molecular flexibility index (Phi) is 7.03. The van der Waals surface area contributed by atoms with E-state index in [0.29, 0.717) is 12.3 Å². The van der Waals surface area contributed by atoms with Gasteiger partial charge in [0.2, 0.25) is 0 Å². The molecule has 22 heavy (non-hydrogen) atoms. The van der Waals surface area contributed by atoms with Gasteiger partial charge in [-0.2, -0.15) is 5.11 Å². The van der Waals surface area contributed by atoms with Gasteiger partial charge in [0, 0.05) is 19.2 Å². The summed E-state index contributed by atoms with van der Waals surface area (Å²) in [5, 5.41) is 6.75. The number of nitrogens with one attached hydrogen (secondary N) is 2. The minimum Gasteiger partial charge on any atom is -0.390 e. The first-order chi connectivity index (χ1) is 10.4. The maximum absolute atomic E-state index is 7.31. The van der Waals surface area contributed by atoms with Crippen molar-refractivity contribution in [2.75, 3.05) is 6.54 Å². The first-order valence-electron chi connectivity index (χ1n) is 7.97. The van der Waals surface area contributed by atoms with E-state index in [-0.39, 0.29) is 0 Å². The molecule has 3 heteroatoms. The van der Waals surface area contributed by atoms with Crippen molar-refractivity contribution in [3.05, 3.63) is 52.4 Å². The number of aryl methyl sites for hydroxylation is 1. The maximum Gasteiger partial charge on any atom is 0.0820 e. The molecule has 0 aromatic heterocycles. The Balaban J connectivity index is 3.17. The Bertz CT molecular complexity index is 580. The second kappa shape index (κ2) is 8.52. The standard InChI is InChI=1S/C19H29N3/c1-7-21-12-17(22-20)11-15(5)16(6)18-9-8-14(4)10-19(18)13(2)3/h8-10,12-13,20-21H,7,11H2,1-6H3/b16-15-,17-12-,22-20?. The van der Waals surface area contributed by atoms with E-state index < -0.39 is 0 Å². The third kappa shape index (κ3) is 4.83. The van der Waals surface area contributed by atoms with E-state index in [9.17, 15) is 0 Å². The van der Waals surface area contributed by atoms with Crippen molar-refractivity contribution in [1.29, 1.82) is 5.53 Å². The normalized spacial score (nSPS) is 13.1. The monoisotopic (exact) mass is 299 g/mol. The average molecular weight is 299 g/mol. The third-order valence-corrected chi connectivity index (χ3v) is 3.94. The highest BCUT2D eigenvalue weighted by Crippen LogP contribution is 2.30. The molecule has 0 aliphatic heterocycles. The number of benzene rings is 1. The molecule has 1 aromatic carbocycles. The zero-order valence-electron chi connectivity index (χ0n) is 14.7. The SMILES string of the molecule is CCN/C=C(/C/C(C)=C(/C)c1ccc(C)cc1C(C)C)N=N. The summed E-state index contributed by atoms with van der Waals surface area (Å²) in [7, 11) is 0. The van der Waals surface area contributed by atoms with Crippen LogP contribution in [0.5, 0.6) is 0 Å². The van der Waals surface area contributed by atoms with Crippen molar-refractivity contribution in [2.45, 2.75) is 53.9 Å². The van der Waals surface area contributed by atoms with Crippen LogP contribution in [0, 0.1) is 12.5 Å². The van der Waals surface area contributed by atoms with E-state index >= 15 is 0 Å². The highest BCUT2D eigenvalue weighted by molar-refractivity contribution is 5.70. The molecule has 0 saturated heterocycles. The number of hydrogen-bond acceptors (Lipinski definition) is 3. The lowest BCUT2D eigenvalue weighted by Gasteiger charge is -2.17. The van der Waals surface area contributed by atoms with Gasteiger partial charge < -0.3 is 5.32 Å². The van der Waals surface area contributed by atoms with Gasteiger partial charge in [-0.1, -0.05) is 43.2 Å². The summed E-state index contributed by atoms with van der Waals surface area (Å²) in [6.07, 6.45) is 2.54. The first-order valence-corrected chi connectivity index (χ1v) is 7.97. The van der Waals surface area contributed by atoms with Crippen LogP contribution in [-0.2, 0) is 0 Å². The predicted octanol–water partition coefficient (Wildman–Crippen LogP) is 5.78. The number of allylic oxidation sites excluding steroid dienone is 2. The molecule has 0 amide bonds. The average Bonchev–Trinajstić information content (AvgIpc) is 2.50. The van der Waals surface area contributed by atoms with Crippen LogP contribution in [0.15, 0.2) is 40.8 Å². The minimum atomic E-state index is 0.496. The van der Waals surface area contributed by atoms with Gasteiger partial charge in [0.1, 0.15) is 0 Å². The van der Waals surface area contributed by atoms with Crippen molar-refractivity contribution in [3.8, 4) is 0 Å². The van der Waals surface area contributed by atoms with Crippen molar-refractivity contribution >= 4 is 5.57 Å². The van der Waals surface area contributed by atoms with E-state index in [2.05, 4.69) is 63.2 Å². The van der Waals surface area contributed by atoms with Crippen LogP contribution in [-0.4, -0.2) is 6.54 Å². The van der Waals surface area contributed by atoms with Gasteiger partial charge in [-0.3, -0.25) is 0 Å². The molecule has 0 bridgehead atoms. The van der Waals surface area contributed by atoms with Crippen LogP contribution >= 0.6 is 0 Å². The fourth-order valence-corrected chi connectivity index (χ4v) is 2.48. The lowest BCUT2D eigenvalue weighted by atomic mass is 9.89. The van der Waals surface area contributed by atoms with Crippen molar-refractivity contribution < 1.29 is 0 Å². The smallest absolute Gasteiger partial charge is 0.0820 e. The van der Waals surface area contributed by atoms with Crippen LogP contribution in [0.25, 0.3) is 5.57 Å². The molecule has 0 heterocycles. The predicted molar refractivity (Wildman–Crippen MR) is 95.1 cm³/mol. The molecule has 1 rings (SSSR count). The summed E-state index contributed by atoms with van der Waals surface area (Å²) in [5.41, 5.74) is 14.6. The van der Waals surface area contributed by atoms with Gasteiger partial charge in [0.15, 0.2) is 0 Å². The van der Waals surface area contributed by atoms with Crippen LogP contribution in [0.2, 0.25) is 0 Å². The van der Waals surface area contributed by atoms with Gasteiger partial charge >= 0.3 is 0 Å². The third-order valence-electron chi connectivity index (χ3n) is 3.94. The largest absolute Gasteiger partial charge is 0.390 e. The summed E-state index contributed by atoms with van der Waals surface area (Å²) in [6, 6.07) is 6.66. The maximum atomic E-state index is 7.31. The molecule has 0 fully saturated rings. The summed E-state index contributed by atoms with van der Waals surface area (Å²) >= 11 is 0. The topological polar surface area (TPSA) is 48.2 Å². The van der Waals surface area contributed by atoms with Crippen molar-refractivity contribution in [2.24, 2.45) is 5.11 Å². The fraction of sp³-hybridized carbons (Fsp3) is 0.474. The summed E-state index contributed by atoms with van der Waals surface area (Å²) in [5.74, 6) is 0.496. The Morgan fingerprint density at radius 2 is 2.00 bits per heavy atom. The number of hydrogen-bond donors (Lipinski definition) is 2. The lowest BCUT2D eigenvalue weighted by molar-refractivity contribution is 0.858. The summed E-state index contributed by atoms with van der Waals surface area (Å²) < 4.78 is 0. The number of nitrogens with zero attached hydrogens (tertiary/aromatic N) is 1. The molecular formula is C19H29N3. The Morgan fingerprint density at radius 1 is 1.32 bits per heavy atom. The van der Waals surface area contributed by atoms with Crippen LogP contribution in [0.1, 0.15) is 63.6 Å². The second-order valence-electron chi connectivity index (χ2n) is 6.13. The zero-order valence-corrected chi connectivity index (χ0v) is 14.7. The van der Waals surface area contributed by atoms with E-state index in [1.54, 1.807) is 0 Å². The molecule has 0 unspecified atom stereocenters. The molecular weight excluding hydrogens is 270 g/mol. The molecule has 0 aliphatic rings. The Morgan fingerprint density at radius 3 is 2.55 bits per heavy atom. The molecule has 1 aromatic rings. The highest BCUT2D eigenvalue weighted by Gasteiger charge is 2.11. The highest BCUT2D eigenvalue weighted by atomic mass is 15.0. The van der Waals surface area contributed by atoms with E-state index in [1.807, 2.05) is 13.1 Å². The Hall–Kier alpha value is -1.90. The molecule has 0 saturated carbocycles. The Labute approximate surface area is 135 Å². The van der Waals surface area contributed by atoms with Crippen LogP contribution in [0.4, 0.5) is 0 Å². The van der Waals surface area contributed by atoms with E-state index in [4.69, 9.17) is 5.53 Å². The number of rotatable bonds is 7. The van der Waals surface area contributed by atoms with Gasteiger partial charge in [-0.15, -0.1) is 0 Å². The van der Waals surface area contributed by atoms with Gasteiger partial charge in [0.05, 0.1) is 5.70 Å². The molecule has 2 N–H and O–H groups in total. The van der Waals surface area contributed by atoms with Crippen LogP contribution < -0.4 is 5.32 Å². The minimum absolute atomic E-state index is 0.496. The summed E-state index contributed by atoms with van der Waals surface area (Å²) in [4.78, 5) is 0. The molecule has 0 spiro atoms. The van der Waals surface area contributed by atoms with Gasteiger partial charge in [0.25, 0.3) is 0 Å². The van der Waals surface area contributed by atoms with Crippen molar-refractivity contribution in [3.63, 3.8) is 0 Å². The quantitative estimate of drug-likeness (QED) is 0.616. The second-order valence-corrected chi connectivity index (χ2v) is 6.13. The van der Waals surface area contributed by atoms with Gasteiger partial charge in [-0.25, -0.2) is 5.53 Å². The molecule has 0 atom stereocenters. The molecule has 0 radical (unpaired) electrons. The molecule has 3 nitrogen and oxygen atoms in total. The van der Waals surface area contributed by atoms with Gasteiger partial charge in [-0.05, 0) is 50.3 Å².